The first-order valence-electron chi connectivity index (χ1n) is 8.80. The van der Waals surface area contributed by atoms with Crippen molar-refractivity contribution in [1.82, 2.24) is 9.62 Å². The van der Waals surface area contributed by atoms with Crippen LogP contribution in [0.25, 0.3) is 0 Å². The Morgan fingerprint density at radius 3 is 2.22 bits per heavy atom. The second-order valence-electron chi connectivity index (χ2n) is 6.24. The highest BCUT2D eigenvalue weighted by atomic mass is 35.5. The Balaban J connectivity index is 2.94. The molecule has 1 rings (SSSR count). The number of hydrogen-bond acceptors (Lipinski definition) is 5. The van der Waals surface area contributed by atoms with Crippen LogP contribution in [0.3, 0.4) is 0 Å². The molecule has 0 aromatic heterocycles. The SMILES string of the molecule is CC[C@H](C)N(C(=O)COC(=O)c1ccc(Cl)c(S(=O)(=O)NC)c1)[C@@H](C)CC. The van der Waals surface area contributed by atoms with Crippen LogP contribution in [0, 0.1) is 0 Å². The third-order valence-electron chi connectivity index (χ3n) is 4.47. The van der Waals surface area contributed by atoms with Crippen molar-refractivity contribution < 1.29 is 22.7 Å². The Hall–Kier alpha value is -1.64. The number of ether oxygens (including phenoxy) is 1. The standard InChI is InChI=1S/C18H27ClN2O5S/c1-6-12(3)21(13(4)7-2)17(22)11-26-18(23)14-8-9-15(19)16(10-14)27(24,25)20-5/h8-10,12-13,20H,6-7,11H2,1-5H3/t12-,13-/m0/s1. The minimum absolute atomic E-state index is 0.000319. The van der Waals surface area contributed by atoms with E-state index in [4.69, 9.17) is 16.3 Å². The van der Waals surface area contributed by atoms with Crippen LogP contribution in [0.5, 0.6) is 0 Å². The normalized spacial score (nSPS) is 13.7. The van der Waals surface area contributed by atoms with E-state index >= 15 is 0 Å². The highest BCUT2D eigenvalue weighted by Gasteiger charge is 2.25. The molecule has 0 bridgehead atoms. The summed E-state index contributed by atoms with van der Waals surface area (Å²) < 4.78 is 31.2. The summed E-state index contributed by atoms with van der Waals surface area (Å²) in [6, 6.07) is 3.82. The molecule has 1 N–H and O–H groups in total. The third-order valence-corrected chi connectivity index (χ3v) is 6.37. The molecule has 2 atom stereocenters. The molecule has 0 spiro atoms. The van der Waals surface area contributed by atoms with Crippen LogP contribution in [0.2, 0.25) is 5.02 Å². The molecule has 0 fully saturated rings. The highest BCUT2D eigenvalue weighted by Crippen LogP contribution is 2.23. The average molecular weight is 419 g/mol. The molecule has 9 heteroatoms. The lowest BCUT2D eigenvalue weighted by Gasteiger charge is -2.33. The molecule has 0 aliphatic heterocycles. The number of carbonyl (C=O) groups excluding carboxylic acids is 2. The Labute approximate surface area is 166 Å². The van der Waals surface area contributed by atoms with Gasteiger partial charge in [0.05, 0.1) is 10.6 Å². The maximum atomic E-state index is 12.5. The van der Waals surface area contributed by atoms with Gasteiger partial charge in [-0.2, -0.15) is 0 Å². The molecule has 0 aliphatic carbocycles. The number of benzene rings is 1. The molecule has 27 heavy (non-hydrogen) atoms. The molecule has 152 valence electrons. The summed E-state index contributed by atoms with van der Waals surface area (Å²) >= 11 is 5.90. The molecule has 1 amide bonds. The van der Waals surface area contributed by atoms with Gasteiger partial charge in [0.15, 0.2) is 6.61 Å². The molecular formula is C18H27ClN2O5S. The molecule has 1 aromatic carbocycles. The van der Waals surface area contributed by atoms with Gasteiger partial charge in [-0.3, -0.25) is 4.79 Å². The molecule has 0 unspecified atom stereocenters. The van der Waals surface area contributed by atoms with Gasteiger partial charge in [0, 0.05) is 12.1 Å². The summed E-state index contributed by atoms with van der Waals surface area (Å²) in [5.41, 5.74) is -0.000319. The summed E-state index contributed by atoms with van der Waals surface area (Å²) in [6.07, 6.45) is 1.57. The topological polar surface area (TPSA) is 92.8 Å². The number of esters is 1. The Kier molecular flexibility index (Phi) is 8.71. The summed E-state index contributed by atoms with van der Waals surface area (Å²) in [4.78, 5) is 26.3. The monoisotopic (exact) mass is 418 g/mol. The molecule has 0 heterocycles. The van der Waals surface area contributed by atoms with Crippen LogP contribution >= 0.6 is 11.6 Å². The van der Waals surface area contributed by atoms with Gasteiger partial charge in [-0.05, 0) is 51.9 Å². The summed E-state index contributed by atoms with van der Waals surface area (Å²) in [5.74, 6) is -1.08. The number of halogens is 1. The van der Waals surface area contributed by atoms with Crippen molar-refractivity contribution in [3.8, 4) is 0 Å². The van der Waals surface area contributed by atoms with Crippen molar-refractivity contribution in [1.29, 1.82) is 0 Å². The van der Waals surface area contributed by atoms with E-state index in [0.29, 0.717) is 0 Å². The van der Waals surface area contributed by atoms with Crippen LogP contribution in [-0.4, -0.2) is 50.9 Å². The van der Waals surface area contributed by atoms with Crippen LogP contribution in [0.4, 0.5) is 0 Å². The average Bonchev–Trinajstić information content (AvgIpc) is 2.65. The van der Waals surface area contributed by atoms with Gasteiger partial charge in [0.1, 0.15) is 4.90 Å². The highest BCUT2D eigenvalue weighted by molar-refractivity contribution is 7.89. The fourth-order valence-corrected chi connectivity index (χ4v) is 3.80. The van der Waals surface area contributed by atoms with Gasteiger partial charge in [0.25, 0.3) is 5.91 Å². The van der Waals surface area contributed by atoms with Gasteiger partial charge in [-0.25, -0.2) is 17.9 Å². The van der Waals surface area contributed by atoms with Gasteiger partial charge < -0.3 is 9.64 Å². The first kappa shape index (κ1) is 23.4. The molecule has 0 aliphatic rings. The lowest BCUT2D eigenvalue weighted by Crippen LogP contribution is -2.46. The number of rotatable bonds is 9. The zero-order valence-electron chi connectivity index (χ0n) is 16.3. The van der Waals surface area contributed by atoms with E-state index < -0.39 is 22.6 Å². The van der Waals surface area contributed by atoms with E-state index in [0.717, 1.165) is 18.9 Å². The van der Waals surface area contributed by atoms with E-state index in [-0.39, 0.29) is 33.5 Å². The first-order chi connectivity index (χ1) is 12.6. The molecule has 0 saturated carbocycles. The second kappa shape index (κ2) is 10.1. The minimum atomic E-state index is -3.82. The molecule has 1 aromatic rings. The van der Waals surface area contributed by atoms with Crippen LogP contribution in [0.1, 0.15) is 50.9 Å². The Morgan fingerprint density at radius 1 is 1.19 bits per heavy atom. The van der Waals surface area contributed by atoms with E-state index in [1.807, 2.05) is 27.7 Å². The van der Waals surface area contributed by atoms with Gasteiger partial charge >= 0.3 is 5.97 Å². The zero-order valence-corrected chi connectivity index (χ0v) is 17.9. The third kappa shape index (κ3) is 5.92. The van der Waals surface area contributed by atoms with Crippen molar-refractivity contribution in [2.75, 3.05) is 13.7 Å². The quantitative estimate of drug-likeness (QED) is 0.622. The van der Waals surface area contributed by atoms with Crippen LogP contribution < -0.4 is 4.72 Å². The van der Waals surface area contributed by atoms with Crippen molar-refractivity contribution in [2.45, 2.75) is 57.5 Å². The number of hydrogen-bond donors (Lipinski definition) is 1. The smallest absolute Gasteiger partial charge is 0.338 e. The number of sulfonamides is 1. The van der Waals surface area contributed by atoms with Crippen molar-refractivity contribution in [2.24, 2.45) is 0 Å². The maximum Gasteiger partial charge on any atom is 0.338 e. The number of amides is 1. The number of nitrogens with zero attached hydrogens (tertiary/aromatic N) is 1. The molecule has 0 radical (unpaired) electrons. The molecular weight excluding hydrogens is 392 g/mol. The fraction of sp³-hybridized carbons (Fsp3) is 0.556. The molecule has 7 nitrogen and oxygen atoms in total. The van der Waals surface area contributed by atoms with Gasteiger partial charge in [0.2, 0.25) is 10.0 Å². The Bertz CT molecular complexity index is 772. The second-order valence-corrected chi connectivity index (χ2v) is 8.51. The zero-order chi connectivity index (χ0) is 20.8. The maximum absolute atomic E-state index is 12.5. The predicted molar refractivity (Wildman–Crippen MR) is 104 cm³/mol. The van der Waals surface area contributed by atoms with Crippen LogP contribution in [-0.2, 0) is 19.6 Å². The van der Waals surface area contributed by atoms with E-state index in [2.05, 4.69) is 4.72 Å². The van der Waals surface area contributed by atoms with Crippen molar-refractivity contribution in [3.63, 3.8) is 0 Å². The minimum Gasteiger partial charge on any atom is -0.452 e. The lowest BCUT2D eigenvalue weighted by atomic mass is 10.1. The van der Waals surface area contributed by atoms with E-state index in [9.17, 15) is 18.0 Å². The molecule has 0 saturated heterocycles. The van der Waals surface area contributed by atoms with Crippen molar-refractivity contribution in [3.05, 3.63) is 28.8 Å². The van der Waals surface area contributed by atoms with Gasteiger partial charge in [-0.1, -0.05) is 25.4 Å². The van der Waals surface area contributed by atoms with Crippen molar-refractivity contribution >= 4 is 33.5 Å². The fourth-order valence-electron chi connectivity index (χ4n) is 2.55. The number of nitrogens with one attached hydrogen (secondary N) is 1. The van der Waals surface area contributed by atoms with Gasteiger partial charge in [-0.15, -0.1) is 0 Å². The van der Waals surface area contributed by atoms with E-state index in [1.54, 1.807) is 4.90 Å². The van der Waals surface area contributed by atoms with Crippen LogP contribution in [0.15, 0.2) is 23.1 Å². The van der Waals surface area contributed by atoms with E-state index in [1.165, 1.54) is 19.2 Å². The largest absolute Gasteiger partial charge is 0.452 e. The summed E-state index contributed by atoms with van der Waals surface area (Å²) in [6.45, 7) is 7.44. The Morgan fingerprint density at radius 2 is 1.74 bits per heavy atom. The predicted octanol–water partition coefficient (Wildman–Crippen LogP) is 2.83. The first-order valence-corrected chi connectivity index (χ1v) is 10.7. The summed E-state index contributed by atoms with van der Waals surface area (Å²) in [7, 11) is -2.58. The lowest BCUT2D eigenvalue weighted by molar-refractivity contribution is -0.139. The summed E-state index contributed by atoms with van der Waals surface area (Å²) in [5, 5.41) is -0.0170. The number of carbonyl (C=O) groups is 2.